The first kappa shape index (κ1) is 12.3. The van der Waals surface area contributed by atoms with Crippen molar-refractivity contribution in [1.82, 2.24) is 0 Å². The van der Waals surface area contributed by atoms with Crippen LogP contribution in [0.4, 0.5) is 0 Å². The van der Waals surface area contributed by atoms with Gasteiger partial charge in [0.2, 0.25) is 5.91 Å². The number of ether oxygens (including phenoxy) is 2. The highest BCUT2D eigenvalue weighted by molar-refractivity contribution is 5.73. The van der Waals surface area contributed by atoms with Gasteiger partial charge in [0, 0.05) is 18.2 Å². The van der Waals surface area contributed by atoms with E-state index >= 15 is 0 Å². The SMILES string of the molecule is COc1ccc(CN)c(OCCC(N)=O)c1. The minimum Gasteiger partial charge on any atom is -0.497 e. The number of rotatable bonds is 6. The van der Waals surface area contributed by atoms with Crippen molar-refractivity contribution in [3.63, 3.8) is 0 Å². The molecule has 0 heterocycles. The number of benzene rings is 1. The first-order chi connectivity index (χ1) is 7.67. The van der Waals surface area contributed by atoms with Crippen molar-refractivity contribution in [2.45, 2.75) is 13.0 Å². The molecule has 1 amide bonds. The second kappa shape index (κ2) is 5.97. The standard InChI is InChI=1S/C11H16N2O3/c1-15-9-3-2-8(7-12)10(6-9)16-5-4-11(13)14/h2-3,6H,4-5,7,12H2,1H3,(H2,13,14). The van der Waals surface area contributed by atoms with E-state index < -0.39 is 5.91 Å². The number of nitrogens with two attached hydrogens (primary N) is 2. The van der Waals surface area contributed by atoms with Crippen molar-refractivity contribution in [2.24, 2.45) is 11.5 Å². The molecule has 0 aliphatic carbocycles. The zero-order valence-electron chi connectivity index (χ0n) is 9.23. The molecule has 0 aromatic heterocycles. The summed E-state index contributed by atoms with van der Waals surface area (Å²) >= 11 is 0. The number of primary amides is 1. The maximum absolute atomic E-state index is 10.6. The fourth-order valence-corrected chi connectivity index (χ4v) is 1.23. The molecule has 0 aliphatic heterocycles. The van der Waals surface area contributed by atoms with Crippen LogP contribution in [0.2, 0.25) is 0 Å². The largest absolute Gasteiger partial charge is 0.497 e. The second-order valence-corrected chi connectivity index (χ2v) is 3.24. The van der Waals surface area contributed by atoms with Gasteiger partial charge in [-0.2, -0.15) is 0 Å². The zero-order valence-corrected chi connectivity index (χ0v) is 9.23. The van der Waals surface area contributed by atoms with Gasteiger partial charge in [0.25, 0.3) is 0 Å². The third-order valence-corrected chi connectivity index (χ3v) is 2.10. The molecule has 4 N–H and O–H groups in total. The lowest BCUT2D eigenvalue weighted by Gasteiger charge is -2.11. The Hall–Kier alpha value is -1.75. The van der Waals surface area contributed by atoms with Crippen molar-refractivity contribution < 1.29 is 14.3 Å². The molecule has 0 fully saturated rings. The Balaban J connectivity index is 2.71. The molecule has 0 unspecified atom stereocenters. The summed E-state index contributed by atoms with van der Waals surface area (Å²) in [5, 5.41) is 0. The highest BCUT2D eigenvalue weighted by Gasteiger charge is 2.05. The summed E-state index contributed by atoms with van der Waals surface area (Å²) in [6.45, 7) is 0.616. The maximum Gasteiger partial charge on any atom is 0.220 e. The van der Waals surface area contributed by atoms with E-state index in [0.717, 1.165) is 5.56 Å². The van der Waals surface area contributed by atoms with Crippen molar-refractivity contribution in [2.75, 3.05) is 13.7 Å². The van der Waals surface area contributed by atoms with Crippen molar-refractivity contribution in [3.05, 3.63) is 23.8 Å². The molecule has 0 atom stereocenters. The van der Waals surface area contributed by atoms with Crippen molar-refractivity contribution in [3.8, 4) is 11.5 Å². The first-order valence-corrected chi connectivity index (χ1v) is 4.95. The Morgan fingerprint density at radius 2 is 2.19 bits per heavy atom. The summed E-state index contributed by atoms with van der Waals surface area (Å²) in [4.78, 5) is 10.6. The summed E-state index contributed by atoms with van der Waals surface area (Å²) in [6, 6.07) is 5.38. The molecule has 5 nitrogen and oxygen atoms in total. The maximum atomic E-state index is 10.6. The number of amides is 1. The van der Waals surface area contributed by atoms with Gasteiger partial charge in [0.05, 0.1) is 20.1 Å². The van der Waals surface area contributed by atoms with E-state index in [4.69, 9.17) is 20.9 Å². The van der Waals surface area contributed by atoms with E-state index in [1.807, 2.05) is 12.1 Å². The van der Waals surface area contributed by atoms with E-state index in [1.54, 1.807) is 13.2 Å². The Morgan fingerprint density at radius 1 is 1.44 bits per heavy atom. The fraction of sp³-hybridized carbons (Fsp3) is 0.364. The van der Waals surface area contributed by atoms with Crippen LogP contribution in [0.25, 0.3) is 0 Å². The van der Waals surface area contributed by atoms with Crippen LogP contribution in [0.3, 0.4) is 0 Å². The van der Waals surface area contributed by atoms with E-state index in [1.165, 1.54) is 0 Å². The monoisotopic (exact) mass is 224 g/mol. The van der Waals surface area contributed by atoms with Gasteiger partial charge < -0.3 is 20.9 Å². The van der Waals surface area contributed by atoms with Crippen LogP contribution in [0.15, 0.2) is 18.2 Å². The minimum absolute atomic E-state index is 0.182. The molecule has 1 aromatic carbocycles. The molecule has 0 bridgehead atoms. The van der Waals surface area contributed by atoms with E-state index in [0.29, 0.717) is 18.0 Å². The van der Waals surface area contributed by atoms with Crippen LogP contribution in [-0.4, -0.2) is 19.6 Å². The smallest absolute Gasteiger partial charge is 0.220 e. The second-order valence-electron chi connectivity index (χ2n) is 3.24. The molecule has 1 rings (SSSR count). The molecule has 0 radical (unpaired) electrons. The average Bonchev–Trinajstić information content (AvgIpc) is 2.28. The van der Waals surface area contributed by atoms with Gasteiger partial charge in [0.1, 0.15) is 11.5 Å². The summed E-state index contributed by atoms with van der Waals surface area (Å²) < 4.78 is 10.5. The summed E-state index contributed by atoms with van der Waals surface area (Å²) in [5.41, 5.74) is 11.4. The third-order valence-electron chi connectivity index (χ3n) is 2.10. The predicted octanol–water partition coefficient (Wildman–Crippen LogP) is 0.408. The summed E-state index contributed by atoms with van der Waals surface area (Å²) in [6.07, 6.45) is 0.182. The molecule has 1 aromatic rings. The number of hydrogen-bond donors (Lipinski definition) is 2. The van der Waals surface area contributed by atoms with E-state index in [9.17, 15) is 4.79 Å². The van der Waals surface area contributed by atoms with Crippen LogP contribution in [0, 0.1) is 0 Å². The number of methoxy groups -OCH3 is 1. The first-order valence-electron chi connectivity index (χ1n) is 4.95. The third kappa shape index (κ3) is 3.43. The number of carbonyl (C=O) groups is 1. The van der Waals surface area contributed by atoms with Crippen LogP contribution in [0.1, 0.15) is 12.0 Å². The van der Waals surface area contributed by atoms with Crippen LogP contribution in [0.5, 0.6) is 11.5 Å². The van der Waals surface area contributed by atoms with Gasteiger partial charge in [-0.1, -0.05) is 6.07 Å². The molecular formula is C11H16N2O3. The molecule has 5 heteroatoms. The normalized spacial score (nSPS) is 9.88. The zero-order chi connectivity index (χ0) is 12.0. The molecule has 16 heavy (non-hydrogen) atoms. The summed E-state index contributed by atoms with van der Waals surface area (Å²) in [5.74, 6) is 0.923. The molecule has 0 saturated carbocycles. The van der Waals surface area contributed by atoms with Crippen molar-refractivity contribution in [1.29, 1.82) is 0 Å². The lowest BCUT2D eigenvalue weighted by atomic mass is 10.2. The Labute approximate surface area is 94.3 Å². The fourth-order valence-electron chi connectivity index (χ4n) is 1.23. The topological polar surface area (TPSA) is 87.6 Å². The lowest BCUT2D eigenvalue weighted by molar-refractivity contribution is -0.118. The van der Waals surface area contributed by atoms with Gasteiger partial charge in [-0.25, -0.2) is 0 Å². The Kier molecular flexibility index (Phi) is 4.60. The van der Waals surface area contributed by atoms with Gasteiger partial charge in [-0.15, -0.1) is 0 Å². The van der Waals surface area contributed by atoms with Crippen LogP contribution >= 0.6 is 0 Å². The van der Waals surface area contributed by atoms with Gasteiger partial charge in [0.15, 0.2) is 0 Å². The molecular weight excluding hydrogens is 208 g/mol. The lowest BCUT2D eigenvalue weighted by Crippen LogP contribution is -2.15. The molecule has 0 saturated heterocycles. The number of hydrogen-bond acceptors (Lipinski definition) is 4. The van der Waals surface area contributed by atoms with Gasteiger partial charge in [-0.05, 0) is 6.07 Å². The highest BCUT2D eigenvalue weighted by atomic mass is 16.5. The van der Waals surface area contributed by atoms with Crippen LogP contribution in [-0.2, 0) is 11.3 Å². The van der Waals surface area contributed by atoms with Crippen molar-refractivity contribution >= 4 is 5.91 Å². The average molecular weight is 224 g/mol. The van der Waals surface area contributed by atoms with Crippen LogP contribution < -0.4 is 20.9 Å². The Bertz CT molecular complexity index is 366. The van der Waals surface area contributed by atoms with Gasteiger partial charge >= 0.3 is 0 Å². The molecule has 0 spiro atoms. The molecule has 88 valence electrons. The number of carbonyl (C=O) groups excluding carboxylic acids is 1. The Morgan fingerprint density at radius 3 is 2.75 bits per heavy atom. The van der Waals surface area contributed by atoms with E-state index in [-0.39, 0.29) is 13.0 Å². The predicted molar refractivity (Wildman–Crippen MR) is 60.2 cm³/mol. The highest BCUT2D eigenvalue weighted by Crippen LogP contribution is 2.24. The minimum atomic E-state index is -0.391. The quantitative estimate of drug-likeness (QED) is 0.732. The van der Waals surface area contributed by atoms with Gasteiger partial charge in [-0.3, -0.25) is 4.79 Å². The van der Waals surface area contributed by atoms with E-state index in [2.05, 4.69) is 0 Å². The molecule has 0 aliphatic rings. The summed E-state index contributed by atoms with van der Waals surface area (Å²) in [7, 11) is 1.57.